The van der Waals surface area contributed by atoms with E-state index in [2.05, 4.69) is 20.3 Å². The van der Waals surface area contributed by atoms with Crippen molar-refractivity contribution in [2.45, 2.75) is 13.8 Å². The first-order valence-corrected chi connectivity index (χ1v) is 13.0. The molecule has 0 unspecified atom stereocenters. The zero-order valence-corrected chi connectivity index (χ0v) is 22.4. The van der Waals surface area contributed by atoms with E-state index in [0.29, 0.717) is 39.2 Å². The maximum Gasteiger partial charge on any atom is 0.214 e. The van der Waals surface area contributed by atoms with Crippen molar-refractivity contribution in [3.8, 4) is 11.5 Å². The van der Waals surface area contributed by atoms with Crippen LogP contribution in [0.4, 0.5) is 24.5 Å². The van der Waals surface area contributed by atoms with Gasteiger partial charge in [-0.2, -0.15) is 0 Å². The highest BCUT2D eigenvalue weighted by Gasteiger charge is 2.20. The maximum absolute atomic E-state index is 14.3. The molecule has 11 heteroatoms. The lowest BCUT2D eigenvalue weighted by atomic mass is 10.1. The van der Waals surface area contributed by atoms with Crippen molar-refractivity contribution in [3.05, 3.63) is 94.2 Å². The van der Waals surface area contributed by atoms with Crippen molar-refractivity contribution in [1.82, 2.24) is 10.3 Å². The molecule has 4 aromatic rings. The van der Waals surface area contributed by atoms with Gasteiger partial charge in [-0.05, 0) is 61.4 Å². The van der Waals surface area contributed by atoms with E-state index in [-0.39, 0.29) is 22.8 Å². The number of aromatic nitrogens is 1. The van der Waals surface area contributed by atoms with Gasteiger partial charge >= 0.3 is 0 Å². The second-order valence-corrected chi connectivity index (χ2v) is 9.27. The summed E-state index contributed by atoms with van der Waals surface area (Å²) < 4.78 is 50.4. The number of hydrogen-bond acceptors (Lipinski definition) is 7. The molecule has 0 atom stereocenters. The smallest absolute Gasteiger partial charge is 0.214 e. The molecule has 0 amide bonds. The fourth-order valence-electron chi connectivity index (χ4n) is 4.11. The van der Waals surface area contributed by atoms with Crippen LogP contribution < -0.4 is 20.1 Å². The summed E-state index contributed by atoms with van der Waals surface area (Å²) in [5, 5.41) is 14.7. The first-order chi connectivity index (χ1) is 18.6. The molecule has 0 saturated carbocycles. The Morgan fingerprint density at radius 1 is 1.03 bits per heavy atom. The highest BCUT2D eigenvalue weighted by atomic mass is 32.2. The Bertz CT molecular complexity index is 1590. The second-order valence-electron chi connectivity index (χ2n) is 8.65. The van der Waals surface area contributed by atoms with Gasteiger partial charge in [-0.3, -0.25) is 4.79 Å². The summed E-state index contributed by atoms with van der Waals surface area (Å²) >= 11 is 1.25. The van der Waals surface area contributed by atoms with Crippen LogP contribution in [0.1, 0.15) is 21.6 Å². The van der Waals surface area contributed by atoms with Crippen molar-refractivity contribution in [1.29, 1.82) is 5.41 Å². The Kier molecular flexibility index (Phi) is 8.20. The van der Waals surface area contributed by atoms with E-state index < -0.39 is 23.2 Å². The van der Waals surface area contributed by atoms with E-state index in [1.54, 1.807) is 51.4 Å². The molecule has 7 nitrogen and oxygen atoms in total. The number of ketones is 1. The zero-order valence-electron chi connectivity index (χ0n) is 21.6. The fourth-order valence-corrected chi connectivity index (χ4v) is 4.49. The third kappa shape index (κ3) is 5.88. The van der Waals surface area contributed by atoms with Crippen molar-refractivity contribution >= 4 is 46.2 Å². The highest BCUT2D eigenvalue weighted by Crippen LogP contribution is 2.32. The van der Waals surface area contributed by atoms with Gasteiger partial charge in [0.25, 0.3) is 0 Å². The summed E-state index contributed by atoms with van der Waals surface area (Å²) in [6, 6.07) is 10.8. The number of rotatable bonds is 10. The number of benzene rings is 3. The molecule has 0 aliphatic heterocycles. The first-order valence-electron chi connectivity index (χ1n) is 11.7. The van der Waals surface area contributed by atoms with Gasteiger partial charge in [0.15, 0.2) is 11.6 Å². The predicted octanol–water partition coefficient (Wildman–Crippen LogP) is 7.06. The second kappa shape index (κ2) is 11.6. The molecule has 1 aromatic heterocycles. The molecule has 0 aliphatic rings. The third-order valence-electron chi connectivity index (χ3n) is 5.95. The third-order valence-corrected chi connectivity index (χ3v) is 6.37. The van der Waals surface area contributed by atoms with Crippen molar-refractivity contribution < 1.29 is 22.7 Å². The standard InChI is InChI=1S/C28H26F3N5O2S/c1-14-7-18(38-25-11-17(29)5-6-20(25)30)8-15(2)26(14)35-28(33-3)19(13-32)27(37)24-10-16-9-23(36-39-4)21(31)12-22(16)34-24/h5-13,32-36H,1-4H3/b28-19+,32-13?. The van der Waals surface area contributed by atoms with Crippen LogP contribution in [-0.4, -0.2) is 30.3 Å². The average Bonchev–Trinajstić information content (AvgIpc) is 3.30. The summed E-state index contributed by atoms with van der Waals surface area (Å²) in [6.45, 7) is 3.57. The number of hydrogen-bond donors (Lipinski definition) is 5. The number of allylic oxidation sites excluding steroid dienone is 1. The van der Waals surface area contributed by atoms with Gasteiger partial charge in [0.05, 0.1) is 17.0 Å². The quantitative estimate of drug-likeness (QED) is 0.0624. The van der Waals surface area contributed by atoms with Crippen LogP contribution >= 0.6 is 11.9 Å². The number of aromatic amines is 1. The van der Waals surface area contributed by atoms with Crippen LogP contribution in [0.15, 0.2) is 59.9 Å². The molecule has 0 aliphatic carbocycles. The SMILES string of the molecule is CN/C(Nc1c(C)cc(Oc2cc(F)ccc2F)cc1C)=C(/C=N)C(=O)c1cc2cc(NSC)c(F)cc2[nH]1. The molecule has 4 rings (SSSR count). The van der Waals surface area contributed by atoms with Crippen molar-refractivity contribution in [2.24, 2.45) is 0 Å². The summed E-state index contributed by atoms with van der Waals surface area (Å²) in [5.41, 5.74) is 2.99. The molecule has 0 saturated heterocycles. The number of carbonyl (C=O) groups excluding carboxylic acids is 1. The number of carbonyl (C=O) groups is 1. The number of H-pyrrole nitrogens is 1. The number of halogens is 3. The van der Waals surface area contributed by atoms with Crippen LogP contribution in [0.3, 0.4) is 0 Å². The van der Waals surface area contributed by atoms with Crippen molar-refractivity contribution in [2.75, 3.05) is 23.3 Å². The van der Waals surface area contributed by atoms with Crippen LogP contribution in [0, 0.1) is 36.7 Å². The predicted molar refractivity (Wildman–Crippen MR) is 151 cm³/mol. The van der Waals surface area contributed by atoms with E-state index >= 15 is 0 Å². The van der Waals surface area contributed by atoms with E-state index in [1.165, 1.54) is 18.0 Å². The number of aryl methyl sites for hydroxylation is 2. The lowest BCUT2D eigenvalue weighted by Gasteiger charge is -2.19. The van der Waals surface area contributed by atoms with Crippen LogP contribution in [0.2, 0.25) is 0 Å². The summed E-state index contributed by atoms with van der Waals surface area (Å²) in [5.74, 6) is -1.93. The van der Waals surface area contributed by atoms with E-state index in [1.807, 2.05) is 0 Å². The highest BCUT2D eigenvalue weighted by molar-refractivity contribution is 7.99. The Balaban J connectivity index is 1.65. The minimum atomic E-state index is -0.695. The van der Waals surface area contributed by atoms with E-state index in [0.717, 1.165) is 24.4 Å². The van der Waals surface area contributed by atoms with E-state index in [4.69, 9.17) is 10.1 Å². The molecule has 0 spiro atoms. The summed E-state index contributed by atoms with van der Waals surface area (Å²) in [6.07, 6.45) is 2.71. The average molecular weight is 554 g/mol. The number of Topliss-reactive ketones (excluding diaryl/α,β-unsaturated/α-hetero) is 1. The number of fused-ring (bicyclic) bond motifs is 1. The summed E-state index contributed by atoms with van der Waals surface area (Å²) in [7, 11) is 1.61. The Labute approximate surface area is 227 Å². The largest absolute Gasteiger partial charge is 0.454 e. The molecule has 0 bridgehead atoms. The molecular formula is C28H26F3N5O2S. The van der Waals surface area contributed by atoms with Gasteiger partial charge in [-0.1, -0.05) is 11.9 Å². The van der Waals surface area contributed by atoms with Crippen LogP contribution in [-0.2, 0) is 0 Å². The Morgan fingerprint density at radius 3 is 2.38 bits per heavy atom. The van der Waals surface area contributed by atoms with Gasteiger partial charge < -0.3 is 30.5 Å². The monoisotopic (exact) mass is 553 g/mol. The lowest BCUT2D eigenvalue weighted by molar-refractivity contribution is 0.103. The first kappa shape index (κ1) is 27.6. The van der Waals surface area contributed by atoms with Crippen LogP contribution in [0.25, 0.3) is 10.9 Å². The zero-order chi connectivity index (χ0) is 28.3. The molecule has 39 heavy (non-hydrogen) atoms. The van der Waals surface area contributed by atoms with Gasteiger partial charge in [0.2, 0.25) is 5.78 Å². The number of anilines is 2. The van der Waals surface area contributed by atoms with E-state index in [9.17, 15) is 18.0 Å². The molecule has 3 aromatic carbocycles. The lowest BCUT2D eigenvalue weighted by Crippen LogP contribution is -2.23. The van der Waals surface area contributed by atoms with Gasteiger partial charge in [-0.15, -0.1) is 0 Å². The maximum atomic E-state index is 14.3. The fraction of sp³-hybridized carbons (Fsp3) is 0.143. The Morgan fingerprint density at radius 2 is 1.74 bits per heavy atom. The van der Waals surface area contributed by atoms with Gasteiger partial charge in [0, 0.05) is 48.2 Å². The normalized spacial score (nSPS) is 11.7. The minimum Gasteiger partial charge on any atom is -0.454 e. The molecule has 1 heterocycles. The number of ether oxygens (including phenoxy) is 1. The molecule has 0 fully saturated rings. The summed E-state index contributed by atoms with van der Waals surface area (Å²) in [4.78, 5) is 16.3. The molecule has 5 N–H and O–H groups in total. The van der Waals surface area contributed by atoms with Crippen molar-refractivity contribution in [3.63, 3.8) is 0 Å². The van der Waals surface area contributed by atoms with Gasteiger partial charge in [-0.25, -0.2) is 13.2 Å². The van der Waals surface area contributed by atoms with Crippen LogP contribution in [0.5, 0.6) is 11.5 Å². The molecule has 0 radical (unpaired) electrons. The Hall–Kier alpha value is -4.38. The molecule has 202 valence electrons. The number of nitrogens with one attached hydrogen (secondary N) is 5. The van der Waals surface area contributed by atoms with Gasteiger partial charge in [0.1, 0.15) is 23.2 Å². The topological polar surface area (TPSA) is 102 Å². The molecular weight excluding hydrogens is 527 g/mol. The minimum absolute atomic E-state index is 0.0351.